The summed E-state index contributed by atoms with van der Waals surface area (Å²) in [4.78, 5) is 25.4. The molecule has 0 aliphatic heterocycles. The van der Waals surface area contributed by atoms with E-state index in [9.17, 15) is 9.59 Å². The van der Waals surface area contributed by atoms with Crippen LogP contribution in [0.1, 0.15) is 15.9 Å². The second-order valence-corrected chi connectivity index (χ2v) is 6.47. The first kappa shape index (κ1) is 18.5. The molecular formula is C22H22N2O3. The van der Waals surface area contributed by atoms with E-state index in [1.54, 1.807) is 26.2 Å². The topological polar surface area (TPSA) is 58.6 Å². The van der Waals surface area contributed by atoms with Crippen molar-refractivity contribution in [3.63, 3.8) is 0 Å². The number of nitrogens with zero attached hydrogens (tertiary/aromatic N) is 1. The largest absolute Gasteiger partial charge is 0.484 e. The maximum atomic E-state index is 12.0. The summed E-state index contributed by atoms with van der Waals surface area (Å²) in [7, 11) is 3.43. The molecule has 27 heavy (non-hydrogen) atoms. The van der Waals surface area contributed by atoms with Crippen LogP contribution in [0.2, 0.25) is 0 Å². The maximum Gasteiger partial charge on any atom is 0.258 e. The van der Waals surface area contributed by atoms with E-state index in [2.05, 4.69) is 5.32 Å². The van der Waals surface area contributed by atoms with Crippen molar-refractivity contribution in [3.8, 4) is 5.75 Å². The highest BCUT2D eigenvalue weighted by Gasteiger charge is 2.08. The average molecular weight is 362 g/mol. The lowest BCUT2D eigenvalue weighted by Crippen LogP contribution is -2.28. The lowest BCUT2D eigenvalue weighted by molar-refractivity contribution is -0.123. The number of carbonyl (C=O) groups is 2. The molecule has 0 fully saturated rings. The number of rotatable bonds is 6. The number of hydrogen-bond acceptors (Lipinski definition) is 3. The van der Waals surface area contributed by atoms with Crippen LogP contribution in [0.25, 0.3) is 10.8 Å². The van der Waals surface area contributed by atoms with E-state index >= 15 is 0 Å². The van der Waals surface area contributed by atoms with Crippen molar-refractivity contribution in [1.82, 2.24) is 10.2 Å². The van der Waals surface area contributed by atoms with Crippen LogP contribution in [0, 0.1) is 0 Å². The molecule has 0 aliphatic rings. The number of hydrogen-bond donors (Lipinski definition) is 1. The number of fused-ring (bicyclic) bond motifs is 1. The highest BCUT2D eigenvalue weighted by atomic mass is 16.5. The Morgan fingerprint density at radius 1 is 0.926 bits per heavy atom. The minimum Gasteiger partial charge on any atom is -0.484 e. The predicted molar refractivity (Wildman–Crippen MR) is 106 cm³/mol. The van der Waals surface area contributed by atoms with Crippen LogP contribution in [0.4, 0.5) is 0 Å². The second kappa shape index (κ2) is 8.36. The SMILES string of the molecule is CN(C)C(=O)c1ccc(CNC(=O)COc2ccc3ccccc3c2)cc1. The van der Waals surface area contributed by atoms with Gasteiger partial charge in [0, 0.05) is 26.2 Å². The molecule has 0 unspecified atom stereocenters. The molecule has 3 aromatic carbocycles. The molecule has 0 atom stereocenters. The van der Waals surface area contributed by atoms with E-state index in [0.717, 1.165) is 16.3 Å². The third kappa shape index (κ3) is 4.85. The molecule has 0 saturated carbocycles. The molecule has 5 nitrogen and oxygen atoms in total. The summed E-state index contributed by atoms with van der Waals surface area (Å²) in [6.07, 6.45) is 0. The molecule has 0 heterocycles. The van der Waals surface area contributed by atoms with Gasteiger partial charge in [0.05, 0.1) is 0 Å². The van der Waals surface area contributed by atoms with Crippen molar-refractivity contribution in [3.05, 3.63) is 77.9 Å². The highest BCUT2D eigenvalue weighted by Crippen LogP contribution is 2.20. The Labute approximate surface area is 158 Å². The van der Waals surface area contributed by atoms with Crippen LogP contribution < -0.4 is 10.1 Å². The van der Waals surface area contributed by atoms with E-state index in [1.165, 1.54) is 4.90 Å². The number of amides is 2. The molecular weight excluding hydrogens is 340 g/mol. The first-order chi connectivity index (χ1) is 13.0. The second-order valence-electron chi connectivity index (χ2n) is 6.47. The van der Waals surface area contributed by atoms with Gasteiger partial charge in [-0.05, 0) is 40.6 Å². The van der Waals surface area contributed by atoms with Gasteiger partial charge in [-0.1, -0.05) is 42.5 Å². The summed E-state index contributed by atoms with van der Waals surface area (Å²) >= 11 is 0. The molecule has 0 aliphatic carbocycles. The Kier molecular flexibility index (Phi) is 5.71. The van der Waals surface area contributed by atoms with Crippen LogP contribution >= 0.6 is 0 Å². The summed E-state index contributed by atoms with van der Waals surface area (Å²) < 4.78 is 5.58. The Morgan fingerprint density at radius 3 is 2.33 bits per heavy atom. The maximum absolute atomic E-state index is 12.0. The molecule has 5 heteroatoms. The summed E-state index contributed by atoms with van der Waals surface area (Å²) in [5, 5.41) is 5.02. The summed E-state index contributed by atoms with van der Waals surface area (Å²) in [5.41, 5.74) is 1.54. The van der Waals surface area contributed by atoms with Crippen molar-refractivity contribution in [2.45, 2.75) is 6.54 Å². The van der Waals surface area contributed by atoms with E-state index in [1.807, 2.05) is 54.6 Å². The van der Waals surface area contributed by atoms with Gasteiger partial charge in [0.15, 0.2) is 6.61 Å². The van der Waals surface area contributed by atoms with Crippen LogP contribution in [-0.2, 0) is 11.3 Å². The monoisotopic (exact) mass is 362 g/mol. The normalized spacial score (nSPS) is 10.4. The molecule has 2 amide bonds. The van der Waals surface area contributed by atoms with Crippen LogP contribution in [0.5, 0.6) is 5.75 Å². The van der Waals surface area contributed by atoms with Crippen LogP contribution in [-0.4, -0.2) is 37.4 Å². The molecule has 3 aromatic rings. The third-order valence-corrected chi connectivity index (χ3v) is 4.19. The van der Waals surface area contributed by atoms with Gasteiger partial charge in [-0.15, -0.1) is 0 Å². The number of ether oxygens (including phenoxy) is 1. The van der Waals surface area contributed by atoms with Crippen molar-refractivity contribution in [2.24, 2.45) is 0 Å². The Bertz CT molecular complexity index is 949. The fourth-order valence-electron chi connectivity index (χ4n) is 2.68. The lowest BCUT2D eigenvalue weighted by atomic mass is 10.1. The minimum atomic E-state index is -0.198. The molecule has 0 bridgehead atoms. The average Bonchev–Trinajstić information content (AvgIpc) is 2.70. The number of nitrogens with one attached hydrogen (secondary N) is 1. The van der Waals surface area contributed by atoms with E-state index in [4.69, 9.17) is 4.74 Å². The Hall–Kier alpha value is -3.34. The Morgan fingerprint density at radius 2 is 1.63 bits per heavy atom. The van der Waals surface area contributed by atoms with Gasteiger partial charge >= 0.3 is 0 Å². The van der Waals surface area contributed by atoms with E-state index < -0.39 is 0 Å². The van der Waals surface area contributed by atoms with E-state index in [0.29, 0.717) is 17.9 Å². The zero-order valence-corrected chi connectivity index (χ0v) is 15.4. The van der Waals surface area contributed by atoms with Gasteiger partial charge in [0.25, 0.3) is 11.8 Å². The standard InChI is InChI=1S/C22H22N2O3/c1-24(2)22(26)18-9-7-16(8-10-18)14-23-21(25)15-27-20-12-11-17-5-3-4-6-19(17)13-20/h3-13H,14-15H2,1-2H3,(H,23,25). The van der Waals surface area contributed by atoms with Crippen molar-refractivity contribution < 1.29 is 14.3 Å². The van der Waals surface area contributed by atoms with Crippen molar-refractivity contribution in [2.75, 3.05) is 20.7 Å². The van der Waals surface area contributed by atoms with Gasteiger partial charge in [0.2, 0.25) is 0 Å². The fraction of sp³-hybridized carbons (Fsp3) is 0.182. The summed E-state index contributed by atoms with van der Waals surface area (Å²) in [6.45, 7) is 0.339. The molecule has 3 rings (SSSR count). The zero-order valence-electron chi connectivity index (χ0n) is 15.4. The number of benzene rings is 3. The fourth-order valence-corrected chi connectivity index (χ4v) is 2.68. The Balaban J connectivity index is 1.49. The van der Waals surface area contributed by atoms with Gasteiger partial charge in [-0.25, -0.2) is 0 Å². The molecule has 0 saturated heterocycles. The van der Waals surface area contributed by atoms with Crippen molar-refractivity contribution >= 4 is 22.6 Å². The van der Waals surface area contributed by atoms with Crippen LogP contribution in [0.15, 0.2) is 66.7 Å². The molecule has 0 radical (unpaired) electrons. The minimum absolute atomic E-state index is 0.0461. The van der Waals surface area contributed by atoms with Gasteiger partial charge < -0.3 is 15.0 Å². The first-order valence-electron chi connectivity index (χ1n) is 8.72. The first-order valence-corrected chi connectivity index (χ1v) is 8.72. The number of carbonyl (C=O) groups excluding carboxylic acids is 2. The van der Waals surface area contributed by atoms with Gasteiger partial charge in [-0.2, -0.15) is 0 Å². The predicted octanol–water partition coefficient (Wildman–Crippen LogP) is 3.24. The van der Waals surface area contributed by atoms with Gasteiger partial charge in [-0.3, -0.25) is 9.59 Å². The van der Waals surface area contributed by atoms with Gasteiger partial charge in [0.1, 0.15) is 5.75 Å². The zero-order chi connectivity index (χ0) is 19.2. The van der Waals surface area contributed by atoms with E-state index in [-0.39, 0.29) is 18.4 Å². The van der Waals surface area contributed by atoms with Crippen molar-refractivity contribution in [1.29, 1.82) is 0 Å². The molecule has 0 aromatic heterocycles. The molecule has 138 valence electrons. The lowest BCUT2D eigenvalue weighted by Gasteiger charge is -2.11. The third-order valence-electron chi connectivity index (χ3n) is 4.19. The van der Waals surface area contributed by atoms with Crippen LogP contribution in [0.3, 0.4) is 0 Å². The summed E-state index contributed by atoms with van der Waals surface area (Å²) in [5.74, 6) is 0.418. The molecule has 1 N–H and O–H groups in total. The quantitative estimate of drug-likeness (QED) is 0.732. The molecule has 0 spiro atoms. The smallest absolute Gasteiger partial charge is 0.258 e. The summed E-state index contributed by atoms with van der Waals surface area (Å²) in [6, 6.07) is 20.9. The highest BCUT2D eigenvalue weighted by molar-refractivity contribution is 5.93.